The molecule has 2 aromatic carbocycles. The van der Waals surface area contributed by atoms with E-state index in [1.165, 1.54) is 5.56 Å². The minimum absolute atomic E-state index is 0.339. The van der Waals surface area contributed by atoms with Crippen LogP contribution in [0.15, 0.2) is 54.6 Å². The summed E-state index contributed by atoms with van der Waals surface area (Å²) in [6.45, 7) is 3.03. The fraction of sp³-hybridized carbons (Fsp3) is 0.391. The number of rotatable bonds is 11. The number of benzene rings is 2. The molecule has 0 spiro atoms. The average Bonchev–Trinajstić information content (AvgIpc) is 3.08. The molecule has 2 aromatic rings. The largest absolute Gasteiger partial charge is 0.377 e. The molecule has 0 aliphatic carbocycles. The van der Waals surface area contributed by atoms with Crippen LogP contribution in [0.25, 0.3) is 0 Å². The zero-order chi connectivity index (χ0) is 18.9. The van der Waals surface area contributed by atoms with Crippen molar-refractivity contribution in [3.05, 3.63) is 71.3 Å². The van der Waals surface area contributed by atoms with Gasteiger partial charge in [0.2, 0.25) is 5.78 Å². The van der Waals surface area contributed by atoms with Crippen molar-refractivity contribution < 1.29 is 14.3 Å². The third-order valence-electron chi connectivity index (χ3n) is 5.07. The molecule has 0 saturated carbocycles. The minimum atomic E-state index is -0.395. The maximum atomic E-state index is 12.1. The van der Waals surface area contributed by atoms with Crippen LogP contribution in [0, 0.1) is 0 Å². The first-order valence-corrected chi connectivity index (χ1v) is 9.72. The van der Waals surface area contributed by atoms with Gasteiger partial charge in [0, 0.05) is 13.2 Å². The topological polar surface area (TPSA) is 46.6 Å². The lowest BCUT2D eigenvalue weighted by Crippen LogP contribution is -2.29. The van der Waals surface area contributed by atoms with Crippen LogP contribution in [0.5, 0.6) is 0 Å². The Kier molecular flexibility index (Phi) is 7.31. The number of carbonyl (C=O) groups is 2. The van der Waals surface area contributed by atoms with Crippen LogP contribution < -0.4 is 0 Å². The third-order valence-corrected chi connectivity index (χ3v) is 5.07. The number of hydrogen-bond donors (Lipinski definition) is 0. The van der Waals surface area contributed by atoms with Crippen LogP contribution in [-0.4, -0.2) is 30.1 Å². The first-order chi connectivity index (χ1) is 13.3. The van der Waals surface area contributed by atoms with Crippen molar-refractivity contribution in [2.75, 3.05) is 13.2 Å². The van der Waals surface area contributed by atoms with Crippen LogP contribution in [0.1, 0.15) is 48.4 Å². The molecule has 0 bridgehead atoms. The predicted octanol–water partition coefficient (Wildman–Crippen LogP) is 4.09. The molecule has 0 amide bonds. The van der Waals surface area contributed by atoms with Crippen molar-refractivity contribution in [2.24, 2.45) is 0 Å². The molecule has 4 heteroatoms. The maximum absolute atomic E-state index is 12.1. The molecule has 0 saturated heterocycles. The quantitative estimate of drug-likeness (QED) is 0.342. The SMILES string of the molecule is O=CC(=O)C1c2ccccc2CN1CCCCCCOCc1ccccc1. The van der Waals surface area contributed by atoms with Crippen LogP contribution in [-0.2, 0) is 27.5 Å². The second-order valence-corrected chi connectivity index (χ2v) is 7.04. The number of fused-ring (bicyclic) bond motifs is 1. The van der Waals surface area contributed by atoms with E-state index in [9.17, 15) is 9.59 Å². The zero-order valence-electron chi connectivity index (χ0n) is 15.7. The van der Waals surface area contributed by atoms with Gasteiger partial charge in [-0.05, 0) is 36.1 Å². The Morgan fingerprint density at radius 1 is 1.00 bits per heavy atom. The van der Waals surface area contributed by atoms with E-state index in [1.807, 2.05) is 42.5 Å². The number of carbonyl (C=O) groups excluding carboxylic acids is 2. The Hall–Kier alpha value is -2.30. The van der Waals surface area contributed by atoms with Crippen LogP contribution >= 0.6 is 0 Å². The Morgan fingerprint density at radius 2 is 1.74 bits per heavy atom. The van der Waals surface area contributed by atoms with Crippen molar-refractivity contribution in [2.45, 2.75) is 44.9 Å². The van der Waals surface area contributed by atoms with Gasteiger partial charge in [-0.15, -0.1) is 0 Å². The number of aldehydes is 1. The number of hydrogen-bond acceptors (Lipinski definition) is 4. The highest BCUT2D eigenvalue weighted by Gasteiger charge is 2.34. The Morgan fingerprint density at radius 3 is 2.56 bits per heavy atom. The number of ether oxygens (including phenoxy) is 1. The van der Waals surface area contributed by atoms with Crippen LogP contribution in [0.2, 0.25) is 0 Å². The molecule has 4 nitrogen and oxygen atoms in total. The molecule has 1 aliphatic heterocycles. The van der Waals surface area contributed by atoms with Gasteiger partial charge < -0.3 is 4.74 Å². The monoisotopic (exact) mass is 365 g/mol. The molecular weight excluding hydrogens is 338 g/mol. The van der Waals surface area contributed by atoms with Gasteiger partial charge in [-0.3, -0.25) is 14.5 Å². The number of ketones is 1. The van der Waals surface area contributed by atoms with Gasteiger partial charge in [0.15, 0.2) is 6.29 Å². The average molecular weight is 365 g/mol. The summed E-state index contributed by atoms with van der Waals surface area (Å²) in [7, 11) is 0. The van der Waals surface area contributed by atoms with Crippen LogP contribution in [0.3, 0.4) is 0 Å². The summed E-state index contributed by atoms with van der Waals surface area (Å²) in [6.07, 6.45) is 4.74. The maximum Gasteiger partial charge on any atom is 0.216 e. The van der Waals surface area contributed by atoms with Gasteiger partial charge in [-0.2, -0.15) is 0 Å². The second-order valence-electron chi connectivity index (χ2n) is 7.04. The molecule has 1 atom stereocenters. The van der Waals surface area contributed by atoms with E-state index < -0.39 is 6.04 Å². The van der Waals surface area contributed by atoms with E-state index in [1.54, 1.807) is 0 Å². The summed E-state index contributed by atoms with van der Waals surface area (Å²) in [5.74, 6) is -0.339. The van der Waals surface area contributed by atoms with E-state index in [-0.39, 0.29) is 5.78 Å². The van der Waals surface area contributed by atoms with Crippen molar-refractivity contribution in [1.29, 1.82) is 0 Å². The van der Waals surface area contributed by atoms with Gasteiger partial charge in [0.1, 0.15) is 6.04 Å². The van der Waals surface area contributed by atoms with E-state index in [2.05, 4.69) is 17.0 Å². The number of nitrogens with zero attached hydrogens (tertiary/aromatic N) is 1. The lowest BCUT2D eigenvalue weighted by Gasteiger charge is -2.22. The van der Waals surface area contributed by atoms with Crippen molar-refractivity contribution in [3.8, 4) is 0 Å². The van der Waals surface area contributed by atoms with Gasteiger partial charge in [-0.1, -0.05) is 67.4 Å². The minimum Gasteiger partial charge on any atom is -0.377 e. The molecular formula is C23H27NO3. The number of Topliss-reactive ketones (excluding diaryl/α,β-unsaturated/α-hetero) is 1. The van der Waals surface area contributed by atoms with Gasteiger partial charge in [0.05, 0.1) is 6.61 Å². The molecule has 1 aliphatic rings. The summed E-state index contributed by atoms with van der Waals surface area (Å²) in [5.41, 5.74) is 3.35. The third kappa shape index (κ3) is 5.34. The lowest BCUT2D eigenvalue weighted by atomic mass is 10.0. The summed E-state index contributed by atoms with van der Waals surface area (Å²) in [6, 6.07) is 17.7. The van der Waals surface area contributed by atoms with E-state index in [0.29, 0.717) is 12.9 Å². The van der Waals surface area contributed by atoms with Crippen molar-refractivity contribution >= 4 is 12.1 Å². The highest BCUT2D eigenvalue weighted by molar-refractivity contribution is 6.27. The molecule has 27 heavy (non-hydrogen) atoms. The molecule has 142 valence electrons. The fourth-order valence-electron chi connectivity index (χ4n) is 3.69. The first kappa shape index (κ1) is 19.5. The molecule has 3 rings (SSSR count). The van der Waals surface area contributed by atoms with Crippen LogP contribution in [0.4, 0.5) is 0 Å². The molecule has 0 aromatic heterocycles. The Balaban J connectivity index is 1.34. The number of unbranched alkanes of at least 4 members (excludes halogenated alkanes) is 3. The van der Waals surface area contributed by atoms with E-state index in [0.717, 1.165) is 56.5 Å². The molecule has 1 heterocycles. The molecule has 0 N–H and O–H groups in total. The van der Waals surface area contributed by atoms with Crippen molar-refractivity contribution in [1.82, 2.24) is 4.90 Å². The highest BCUT2D eigenvalue weighted by atomic mass is 16.5. The molecule has 0 fully saturated rings. The van der Waals surface area contributed by atoms with Gasteiger partial charge in [-0.25, -0.2) is 0 Å². The standard InChI is InChI=1S/C23H27NO3/c25-17-22(26)23-21-13-7-6-12-20(21)16-24(23)14-8-1-2-9-15-27-18-19-10-4-3-5-11-19/h3-7,10-13,17,23H,1-2,8-9,14-16,18H2. The lowest BCUT2D eigenvalue weighted by molar-refractivity contribution is -0.133. The van der Waals surface area contributed by atoms with Gasteiger partial charge in [0.25, 0.3) is 0 Å². The summed E-state index contributed by atoms with van der Waals surface area (Å²) in [4.78, 5) is 25.3. The van der Waals surface area contributed by atoms with Crippen molar-refractivity contribution in [3.63, 3.8) is 0 Å². The molecule has 0 radical (unpaired) electrons. The Bertz CT molecular complexity index is 744. The second kappa shape index (κ2) is 10.1. The van der Waals surface area contributed by atoms with E-state index in [4.69, 9.17) is 4.74 Å². The fourth-order valence-corrected chi connectivity index (χ4v) is 3.69. The van der Waals surface area contributed by atoms with E-state index >= 15 is 0 Å². The predicted molar refractivity (Wildman–Crippen MR) is 105 cm³/mol. The smallest absolute Gasteiger partial charge is 0.216 e. The Labute approximate surface area is 161 Å². The summed E-state index contributed by atoms with van der Waals surface area (Å²) in [5, 5.41) is 0. The summed E-state index contributed by atoms with van der Waals surface area (Å²) < 4.78 is 5.71. The normalized spacial score (nSPS) is 16.2. The van der Waals surface area contributed by atoms with Gasteiger partial charge >= 0.3 is 0 Å². The highest BCUT2D eigenvalue weighted by Crippen LogP contribution is 2.34. The molecule has 1 unspecified atom stereocenters. The first-order valence-electron chi connectivity index (χ1n) is 9.72. The zero-order valence-corrected chi connectivity index (χ0v) is 15.7. The summed E-state index contributed by atoms with van der Waals surface area (Å²) >= 11 is 0.